The van der Waals surface area contributed by atoms with Crippen molar-refractivity contribution in [1.29, 1.82) is 0 Å². The van der Waals surface area contributed by atoms with E-state index in [1.165, 1.54) is 77.6 Å². The third-order valence-corrected chi connectivity index (χ3v) is 4.93. The number of likely N-dealkylation sites (tertiary alicyclic amines) is 1. The third-order valence-electron chi connectivity index (χ3n) is 4.93. The number of hydrogen-bond acceptors (Lipinski definition) is 4. The monoisotopic (exact) mass is 266 g/mol. The molecule has 0 aromatic carbocycles. The second kappa shape index (κ2) is 6.53. The molecule has 0 saturated carbocycles. The van der Waals surface area contributed by atoms with Gasteiger partial charge in [0.15, 0.2) is 6.23 Å². The molecule has 3 heterocycles. The molecule has 0 N–H and O–H groups in total. The van der Waals surface area contributed by atoms with Crippen molar-refractivity contribution in [2.45, 2.75) is 38.1 Å². The fourth-order valence-corrected chi connectivity index (χ4v) is 3.56. The highest BCUT2D eigenvalue weighted by molar-refractivity contribution is 4.89. The Bertz CT molecular complexity index is 265. The number of piperidine rings is 1. The molecule has 19 heavy (non-hydrogen) atoms. The van der Waals surface area contributed by atoms with Crippen LogP contribution in [0.1, 0.15) is 32.1 Å². The molecule has 1 radical (unpaired) electrons. The summed E-state index contributed by atoms with van der Waals surface area (Å²) in [7, 11) is 2.23. The topological polar surface area (TPSA) is 19.0 Å². The van der Waals surface area contributed by atoms with Gasteiger partial charge in [0.1, 0.15) is 0 Å². The molecule has 0 aromatic heterocycles. The smallest absolute Gasteiger partial charge is 0.164 e. The van der Waals surface area contributed by atoms with Gasteiger partial charge >= 0.3 is 0 Å². The van der Waals surface area contributed by atoms with Crippen LogP contribution in [0.2, 0.25) is 0 Å². The molecular weight excluding hydrogens is 238 g/mol. The molecule has 0 aliphatic carbocycles. The number of piperazine rings is 1. The van der Waals surface area contributed by atoms with Crippen LogP contribution in [-0.2, 0) is 4.74 Å². The summed E-state index contributed by atoms with van der Waals surface area (Å²) >= 11 is 0. The zero-order valence-corrected chi connectivity index (χ0v) is 12.3. The normalized spacial score (nSPS) is 30.8. The van der Waals surface area contributed by atoms with Crippen LogP contribution in [0.15, 0.2) is 0 Å². The average molecular weight is 266 g/mol. The first-order chi connectivity index (χ1) is 9.33. The van der Waals surface area contributed by atoms with Crippen molar-refractivity contribution in [3.63, 3.8) is 0 Å². The van der Waals surface area contributed by atoms with E-state index in [-0.39, 0.29) is 0 Å². The van der Waals surface area contributed by atoms with Gasteiger partial charge in [-0.05, 0) is 39.2 Å². The molecule has 3 aliphatic rings. The molecule has 0 aromatic rings. The standard InChI is InChI=1S/C15H28N3O/c1-16-9-11-17(12-10-16)14-5-7-18(8-6-14)15-4-2-3-13-19-15/h14H,2-13H2,1H3. The molecule has 3 fully saturated rings. The van der Waals surface area contributed by atoms with Crippen LogP contribution >= 0.6 is 0 Å². The Balaban J connectivity index is 1.44. The predicted octanol–water partition coefficient (Wildman–Crippen LogP) is 1.39. The molecule has 0 bridgehead atoms. The van der Waals surface area contributed by atoms with E-state index in [4.69, 9.17) is 4.74 Å². The Kier molecular flexibility index (Phi) is 4.74. The van der Waals surface area contributed by atoms with Crippen LogP contribution in [0.3, 0.4) is 0 Å². The number of rotatable bonds is 2. The second-order valence-electron chi connectivity index (χ2n) is 6.26. The van der Waals surface area contributed by atoms with Gasteiger partial charge < -0.3 is 9.64 Å². The number of hydrogen-bond donors (Lipinski definition) is 0. The van der Waals surface area contributed by atoms with Gasteiger partial charge in [-0.3, -0.25) is 9.80 Å². The van der Waals surface area contributed by atoms with E-state index in [1.54, 1.807) is 0 Å². The highest BCUT2D eigenvalue weighted by atomic mass is 16.5. The zero-order valence-electron chi connectivity index (χ0n) is 12.3. The van der Waals surface area contributed by atoms with E-state index >= 15 is 0 Å². The van der Waals surface area contributed by atoms with E-state index in [0.29, 0.717) is 0 Å². The van der Waals surface area contributed by atoms with Crippen molar-refractivity contribution in [2.24, 2.45) is 0 Å². The van der Waals surface area contributed by atoms with Crippen molar-refractivity contribution in [3.8, 4) is 0 Å². The lowest BCUT2D eigenvalue weighted by Crippen LogP contribution is -2.52. The minimum Gasteiger partial charge on any atom is -0.356 e. The van der Waals surface area contributed by atoms with Crippen molar-refractivity contribution in [3.05, 3.63) is 6.23 Å². The van der Waals surface area contributed by atoms with Crippen molar-refractivity contribution in [1.82, 2.24) is 14.7 Å². The van der Waals surface area contributed by atoms with Crippen molar-refractivity contribution in [2.75, 3.05) is 52.9 Å². The number of ether oxygens (including phenoxy) is 1. The van der Waals surface area contributed by atoms with Gasteiger partial charge in [0, 0.05) is 51.9 Å². The Labute approximate surface area is 117 Å². The molecule has 3 rings (SSSR count). The Hall–Kier alpha value is -0.160. The third kappa shape index (κ3) is 3.48. The molecule has 4 nitrogen and oxygen atoms in total. The maximum Gasteiger partial charge on any atom is 0.164 e. The first kappa shape index (κ1) is 13.8. The zero-order chi connectivity index (χ0) is 13.1. The van der Waals surface area contributed by atoms with Crippen LogP contribution in [-0.4, -0.2) is 73.7 Å². The van der Waals surface area contributed by atoms with Crippen LogP contribution in [0, 0.1) is 6.23 Å². The van der Waals surface area contributed by atoms with Crippen LogP contribution in [0.5, 0.6) is 0 Å². The Morgan fingerprint density at radius 1 is 0.947 bits per heavy atom. The van der Waals surface area contributed by atoms with Gasteiger partial charge in [-0.15, -0.1) is 0 Å². The largest absolute Gasteiger partial charge is 0.356 e. The van der Waals surface area contributed by atoms with E-state index in [1.807, 2.05) is 0 Å². The van der Waals surface area contributed by atoms with Crippen LogP contribution < -0.4 is 0 Å². The highest BCUT2D eigenvalue weighted by Gasteiger charge is 2.31. The lowest BCUT2D eigenvalue weighted by molar-refractivity contribution is -0.0199. The van der Waals surface area contributed by atoms with Gasteiger partial charge in [0.2, 0.25) is 0 Å². The molecule has 0 unspecified atom stereocenters. The molecule has 0 amide bonds. The van der Waals surface area contributed by atoms with E-state index in [0.717, 1.165) is 12.6 Å². The first-order valence-corrected chi connectivity index (χ1v) is 7.99. The molecule has 0 atom stereocenters. The Morgan fingerprint density at radius 2 is 1.68 bits per heavy atom. The molecule has 0 spiro atoms. The van der Waals surface area contributed by atoms with E-state index in [9.17, 15) is 0 Å². The van der Waals surface area contributed by atoms with Gasteiger partial charge in [0.25, 0.3) is 0 Å². The summed E-state index contributed by atoms with van der Waals surface area (Å²) in [6.45, 7) is 8.33. The average Bonchev–Trinajstić information content (AvgIpc) is 2.49. The summed E-state index contributed by atoms with van der Waals surface area (Å²) in [5.41, 5.74) is 0. The van der Waals surface area contributed by atoms with E-state index in [2.05, 4.69) is 21.7 Å². The summed E-state index contributed by atoms with van der Waals surface area (Å²) in [5, 5.41) is 0. The maximum absolute atomic E-state index is 5.83. The molecule has 4 heteroatoms. The SMILES string of the molecule is CN1CCN(C2CCN([C]3CCCCO3)CC2)CC1. The minimum absolute atomic E-state index is 0.814. The number of likely N-dealkylation sites (N-methyl/N-ethyl adjacent to an activating group) is 1. The Morgan fingerprint density at radius 3 is 2.32 bits per heavy atom. The van der Waals surface area contributed by atoms with Crippen molar-refractivity contribution < 1.29 is 4.74 Å². The summed E-state index contributed by atoms with van der Waals surface area (Å²) in [6, 6.07) is 0.814. The lowest BCUT2D eigenvalue weighted by atomic mass is 10.0. The fraction of sp³-hybridized carbons (Fsp3) is 0.933. The molecule has 3 aliphatic heterocycles. The first-order valence-electron chi connectivity index (χ1n) is 7.99. The van der Waals surface area contributed by atoms with Crippen molar-refractivity contribution >= 4 is 0 Å². The van der Waals surface area contributed by atoms with Gasteiger partial charge in [-0.1, -0.05) is 0 Å². The minimum atomic E-state index is 0.814. The summed E-state index contributed by atoms with van der Waals surface area (Å²) in [4.78, 5) is 7.66. The summed E-state index contributed by atoms with van der Waals surface area (Å²) in [5.74, 6) is 0. The summed E-state index contributed by atoms with van der Waals surface area (Å²) in [6.07, 6.45) is 7.63. The molecule has 109 valence electrons. The van der Waals surface area contributed by atoms with Gasteiger partial charge in [0.05, 0.1) is 0 Å². The quantitative estimate of drug-likeness (QED) is 0.752. The highest BCUT2D eigenvalue weighted by Crippen LogP contribution is 2.28. The second-order valence-corrected chi connectivity index (χ2v) is 6.26. The predicted molar refractivity (Wildman–Crippen MR) is 76.7 cm³/mol. The number of nitrogens with zero attached hydrogens (tertiary/aromatic N) is 3. The van der Waals surface area contributed by atoms with Gasteiger partial charge in [-0.25, -0.2) is 0 Å². The molecule has 3 saturated heterocycles. The lowest BCUT2D eigenvalue weighted by Gasteiger charge is -2.43. The summed E-state index contributed by atoms with van der Waals surface area (Å²) < 4.78 is 5.83. The van der Waals surface area contributed by atoms with Crippen LogP contribution in [0.25, 0.3) is 0 Å². The van der Waals surface area contributed by atoms with E-state index < -0.39 is 0 Å². The molecular formula is C15H28N3O. The fourth-order valence-electron chi connectivity index (χ4n) is 3.56. The van der Waals surface area contributed by atoms with Crippen LogP contribution in [0.4, 0.5) is 0 Å². The maximum atomic E-state index is 5.83. The van der Waals surface area contributed by atoms with Gasteiger partial charge in [-0.2, -0.15) is 0 Å².